The van der Waals surface area contributed by atoms with Gasteiger partial charge in [-0.25, -0.2) is 9.59 Å². The van der Waals surface area contributed by atoms with E-state index >= 15 is 0 Å². The minimum atomic E-state index is -0.572. The zero-order chi connectivity index (χ0) is 26.5. The third kappa shape index (κ3) is 5.16. The standard InChI is InChI=1S/C28H32N2O5S2/c1-6-34-26(32)20-11-18(16-7-8-16)24-15(2)17(9-10-30(24)25(20)31)22-12-19-21(13-36-14-23(19)37-22)29-27(33)35-28(3,4)5/h9-12,16,21H,6-8,13-14H2,1-5H3,(H,29,33). The van der Waals surface area contributed by atoms with E-state index in [2.05, 4.69) is 11.4 Å². The molecule has 1 amide bonds. The predicted octanol–water partition coefficient (Wildman–Crippen LogP) is 6.20. The maximum absolute atomic E-state index is 13.3. The fraction of sp³-hybridized carbons (Fsp3) is 0.464. The number of rotatable bonds is 5. The molecule has 1 N–H and O–H groups in total. The van der Waals surface area contributed by atoms with Gasteiger partial charge in [0.2, 0.25) is 0 Å². The van der Waals surface area contributed by atoms with Crippen LogP contribution >= 0.6 is 23.1 Å². The number of hydrogen-bond donors (Lipinski definition) is 1. The van der Waals surface area contributed by atoms with Crippen molar-refractivity contribution in [3.63, 3.8) is 0 Å². The molecule has 1 atom stereocenters. The Morgan fingerprint density at radius 1 is 1.19 bits per heavy atom. The molecule has 9 heteroatoms. The molecule has 4 heterocycles. The van der Waals surface area contributed by atoms with Gasteiger partial charge >= 0.3 is 12.1 Å². The van der Waals surface area contributed by atoms with E-state index in [1.165, 1.54) is 4.88 Å². The largest absolute Gasteiger partial charge is 0.462 e. The van der Waals surface area contributed by atoms with Gasteiger partial charge in [0.05, 0.1) is 18.2 Å². The van der Waals surface area contributed by atoms with Gasteiger partial charge in [-0.1, -0.05) is 0 Å². The zero-order valence-electron chi connectivity index (χ0n) is 21.8. The summed E-state index contributed by atoms with van der Waals surface area (Å²) in [4.78, 5) is 40.6. The number of fused-ring (bicyclic) bond motifs is 2. The summed E-state index contributed by atoms with van der Waals surface area (Å²) in [6, 6.07) is 5.76. The van der Waals surface area contributed by atoms with Crippen LogP contribution in [0.15, 0.2) is 29.2 Å². The summed E-state index contributed by atoms with van der Waals surface area (Å²) in [5.41, 5.74) is 4.29. The number of aryl methyl sites for hydroxylation is 1. The Balaban J connectivity index is 1.55. The van der Waals surface area contributed by atoms with E-state index in [1.54, 1.807) is 46.7 Å². The van der Waals surface area contributed by atoms with Crippen LogP contribution in [0.25, 0.3) is 16.0 Å². The molecule has 1 unspecified atom stereocenters. The molecule has 0 aromatic carbocycles. The molecular formula is C28H32N2O5S2. The molecule has 7 nitrogen and oxygen atoms in total. The molecule has 196 valence electrons. The number of ether oxygens (including phenoxy) is 2. The number of carbonyl (C=O) groups is 2. The van der Waals surface area contributed by atoms with E-state index in [0.717, 1.165) is 57.0 Å². The van der Waals surface area contributed by atoms with Crippen molar-refractivity contribution in [3.8, 4) is 10.4 Å². The minimum absolute atomic E-state index is 0.0908. The smallest absolute Gasteiger partial charge is 0.408 e. The molecule has 0 radical (unpaired) electrons. The first-order valence-electron chi connectivity index (χ1n) is 12.6. The Hall–Kier alpha value is -2.78. The molecule has 3 aromatic heterocycles. The van der Waals surface area contributed by atoms with E-state index < -0.39 is 17.7 Å². The summed E-state index contributed by atoms with van der Waals surface area (Å²) >= 11 is 3.53. The summed E-state index contributed by atoms with van der Waals surface area (Å²) in [6.07, 6.45) is 3.45. The van der Waals surface area contributed by atoms with E-state index in [0.29, 0.717) is 5.92 Å². The summed E-state index contributed by atoms with van der Waals surface area (Å²) in [5.74, 6) is 1.46. The number of alkyl carbamates (subject to hydrolysis) is 1. The van der Waals surface area contributed by atoms with Gasteiger partial charge in [-0.2, -0.15) is 11.8 Å². The lowest BCUT2D eigenvalue weighted by Crippen LogP contribution is -2.36. The lowest BCUT2D eigenvalue weighted by molar-refractivity contribution is 0.0503. The predicted molar refractivity (Wildman–Crippen MR) is 148 cm³/mol. The molecule has 1 saturated carbocycles. The van der Waals surface area contributed by atoms with Gasteiger partial charge in [-0.3, -0.25) is 9.20 Å². The quantitative estimate of drug-likeness (QED) is 0.388. The maximum atomic E-state index is 13.3. The van der Waals surface area contributed by atoms with Crippen molar-refractivity contribution in [2.75, 3.05) is 12.4 Å². The van der Waals surface area contributed by atoms with Crippen LogP contribution in [0, 0.1) is 6.92 Å². The topological polar surface area (TPSA) is 86.1 Å². The van der Waals surface area contributed by atoms with Crippen molar-refractivity contribution in [3.05, 3.63) is 61.9 Å². The van der Waals surface area contributed by atoms with Crippen LogP contribution in [0.5, 0.6) is 0 Å². The molecule has 1 fully saturated rings. The number of nitrogens with one attached hydrogen (secondary N) is 1. The van der Waals surface area contributed by atoms with E-state index in [4.69, 9.17) is 9.47 Å². The number of esters is 1. The van der Waals surface area contributed by atoms with Gasteiger partial charge in [-0.05, 0) is 93.8 Å². The van der Waals surface area contributed by atoms with Crippen LogP contribution in [0.1, 0.15) is 84.4 Å². The zero-order valence-corrected chi connectivity index (χ0v) is 23.4. The molecule has 3 aromatic rings. The third-order valence-corrected chi connectivity index (χ3v) is 9.05. The molecule has 2 aliphatic rings. The second-order valence-corrected chi connectivity index (χ2v) is 12.8. The van der Waals surface area contributed by atoms with Gasteiger partial charge in [0.15, 0.2) is 0 Å². The van der Waals surface area contributed by atoms with Crippen molar-refractivity contribution in [2.45, 2.75) is 70.8 Å². The summed E-state index contributed by atoms with van der Waals surface area (Å²) in [6.45, 7) is 9.58. The van der Waals surface area contributed by atoms with Gasteiger partial charge in [0.1, 0.15) is 11.2 Å². The molecule has 0 bridgehead atoms. The number of carbonyl (C=O) groups excluding carboxylic acids is 2. The Bertz CT molecular complexity index is 1450. The van der Waals surface area contributed by atoms with Crippen LogP contribution < -0.4 is 10.9 Å². The van der Waals surface area contributed by atoms with Crippen molar-refractivity contribution in [1.82, 2.24) is 9.72 Å². The number of amides is 1. The molecular weight excluding hydrogens is 508 g/mol. The second-order valence-electron chi connectivity index (χ2n) is 10.6. The molecule has 37 heavy (non-hydrogen) atoms. The number of pyridine rings is 2. The van der Waals surface area contributed by atoms with Crippen LogP contribution in [0.2, 0.25) is 0 Å². The molecule has 1 aliphatic carbocycles. The summed E-state index contributed by atoms with van der Waals surface area (Å²) in [5, 5.41) is 3.04. The number of aromatic nitrogens is 1. The van der Waals surface area contributed by atoms with E-state index in [1.807, 2.05) is 33.8 Å². The van der Waals surface area contributed by atoms with Gasteiger partial charge in [0, 0.05) is 27.5 Å². The lowest BCUT2D eigenvalue weighted by atomic mass is 9.99. The van der Waals surface area contributed by atoms with Gasteiger partial charge in [-0.15, -0.1) is 11.3 Å². The van der Waals surface area contributed by atoms with Crippen LogP contribution in [-0.4, -0.2) is 34.4 Å². The van der Waals surface area contributed by atoms with Crippen molar-refractivity contribution < 1.29 is 19.1 Å². The molecule has 5 rings (SSSR count). The molecule has 0 saturated heterocycles. The number of hydrogen-bond acceptors (Lipinski definition) is 7. The highest BCUT2D eigenvalue weighted by Gasteiger charge is 2.31. The minimum Gasteiger partial charge on any atom is -0.462 e. The van der Waals surface area contributed by atoms with Gasteiger partial charge in [0.25, 0.3) is 5.56 Å². The first kappa shape index (κ1) is 25.9. The maximum Gasteiger partial charge on any atom is 0.408 e. The summed E-state index contributed by atoms with van der Waals surface area (Å²) < 4.78 is 12.2. The Labute approximate surface area is 224 Å². The van der Waals surface area contributed by atoms with Crippen molar-refractivity contribution in [1.29, 1.82) is 0 Å². The van der Waals surface area contributed by atoms with Crippen molar-refractivity contribution in [2.24, 2.45) is 0 Å². The van der Waals surface area contributed by atoms with E-state index in [9.17, 15) is 14.4 Å². The highest BCUT2D eigenvalue weighted by atomic mass is 32.2. The third-order valence-electron chi connectivity index (χ3n) is 6.62. The number of thioether (sulfide) groups is 1. The fourth-order valence-corrected chi connectivity index (χ4v) is 7.39. The lowest BCUT2D eigenvalue weighted by Gasteiger charge is -2.26. The Morgan fingerprint density at radius 3 is 2.62 bits per heavy atom. The first-order valence-corrected chi connectivity index (χ1v) is 14.6. The average molecular weight is 541 g/mol. The number of thiophene rings is 1. The van der Waals surface area contributed by atoms with Gasteiger partial charge < -0.3 is 14.8 Å². The SMILES string of the molecule is CCOC(=O)c1cc(C2CC2)c2c(C)c(-c3cc4c(s3)CSCC4NC(=O)OC(C)(C)C)ccn2c1=O. The molecule has 1 aliphatic heterocycles. The monoisotopic (exact) mass is 540 g/mol. The van der Waals surface area contributed by atoms with Crippen LogP contribution in [0.4, 0.5) is 4.79 Å². The van der Waals surface area contributed by atoms with E-state index in [-0.39, 0.29) is 23.8 Å². The number of nitrogens with zero attached hydrogens (tertiary/aromatic N) is 1. The Morgan fingerprint density at radius 2 is 1.95 bits per heavy atom. The normalized spacial score (nSPS) is 17.4. The second kappa shape index (κ2) is 9.83. The Kier molecular flexibility index (Phi) is 6.87. The van der Waals surface area contributed by atoms with Crippen molar-refractivity contribution >= 4 is 40.7 Å². The van der Waals surface area contributed by atoms with Crippen LogP contribution in [-0.2, 0) is 15.2 Å². The highest BCUT2D eigenvalue weighted by Crippen LogP contribution is 2.45. The highest BCUT2D eigenvalue weighted by molar-refractivity contribution is 7.98. The average Bonchev–Trinajstić information content (AvgIpc) is 3.57. The first-order chi connectivity index (χ1) is 17.6. The summed E-state index contributed by atoms with van der Waals surface area (Å²) in [7, 11) is 0. The molecule has 0 spiro atoms. The van der Waals surface area contributed by atoms with Crippen LogP contribution in [0.3, 0.4) is 0 Å². The fourth-order valence-electron chi connectivity index (χ4n) is 4.84.